The Hall–Kier alpha value is -1.83. The summed E-state index contributed by atoms with van der Waals surface area (Å²) in [7, 11) is 0. The smallest absolute Gasteiger partial charge is 0.277 e. The normalized spacial score (nSPS) is 14.5. The van der Waals surface area contributed by atoms with Crippen molar-refractivity contribution in [2.45, 2.75) is 32.2 Å². The van der Waals surface area contributed by atoms with Gasteiger partial charge < -0.3 is 15.4 Å². The third-order valence-electron chi connectivity index (χ3n) is 4.08. The van der Waals surface area contributed by atoms with Crippen molar-refractivity contribution in [3.8, 4) is 5.75 Å². The van der Waals surface area contributed by atoms with Crippen LogP contribution in [0.15, 0.2) is 24.4 Å². The van der Waals surface area contributed by atoms with Crippen LogP contribution in [0.2, 0.25) is 5.02 Å². The zero-order chi connectivity index (χ0) is 17.6. The molecule has 1 amide bonds. The molecule has 0 bridgehead atoms. The van der Waals surface area contributed by atoms with Crippen LogP contribution >= 0.6 is 24.0 Å². The second-order valence-electron chi connectivity index (χ2n) is 6.01. The minimum absolute atomic E-state index is 0. The second-order valence-corrected chi connectivity index (χ2v) is 6.42. The molecule has 0 aliphatic carbocycles. The average Bonchev–Trinajstić information content (AvgIpc) is 3.12. The molecule has 2 N–H and O–H groups in total. The van der Waals surface area contributed by atoms with Crippen LogP contribution in [0.5, 0.6) is 5.75 Å². The molecule has 1 saturated heterocycles. The van der Waals surface area contributed by atoms with Crippen molar-refractivity contribution in [2.24, 2.45) is 0 Å². The van der Waals surface area contributed by atoms with E-state index in [-0.39, 0.29) is 18.3 Å². The molecular weight excluding hydrogens is 377 g/mol. The van der Waals surface area contributed by atoms with E-state index < -0.39 is 0 Å². The molecule has 1 aliphatic rings. The van der Waals surface area contributed by atoms with Gasteiger partial charge in [-0.15, -0.1) is 17.5 Å². The Kier molecular flexibility index (Phi) is 7.68. The van der Waals surface area contributed by atoms with Gasteiger partial charge in [0, 0.05) is 5.69 Å². The molecule has 142 valence electrons. The molecule has 1 fully saturated rings. The summed E-state index contributed by atoms with van der Waals surface area (Å²) >= 11 is 6.19. The molecule has 1 aliphatic heterocycles. The number of hydrogen-bond donors (Lipinski definition) is 2. The van der Waals surface area contributed by atoms with Crippen LogP contribution < -0.4 is 15.4 Å². The highest BCUT2D eigenvalue weighted by atomic mass is 35.5. The van der Waals surface area contributed by atoms with Crippen molar-refractivity contribution < 1.29 is 9.53 Å². The van der Waals surface area contributed by atoms with Crippen molar-refractivity contribution in [1.82, 2.24) is 20.3 Å². The molecule has 0 spiro atoms. The summed E-state index contributed by atoms with van der Waals surface area (Å²) < 4.78 is 7.31. The number of anilines is 1. The number of carbonyl (C=O) groups excluding carboxylic acids is 1. The zero-order valence-corrected chi connectivity index (χ0v) is 16.1. The monoisotopic (exact) mass is 399 g/mol. The maximum Gasteiger partial charge on any atom is 0.277 e. The lowest BCUT2D eigenvalue weighted by atomic mass is 10.1. The minimum Gasteiger partial charge on any atom is -0.492 e. The molecule has 2 heterocycles. The van der Waals surface area contributed by atoms with Gasteiger partial charge in [0.25, 0.3) is 5.91 Å². The second kappa shape index (κ2) is 9.75. The molecule has 9 heteroatoms. The van der Waals surface area contributed by atoms with Crippen molar-refractivity contribution in [3.05, 3.63) is 35.1 Å². The molecule has 0 radical (unpaired) electrons. The number of rotatable bonds is 6. The Morgan fingerprint density at radius 3 is 2.88 bits per heavy atom. The molecule has 0 unspecified atom stereocenters. The van der Waals surface area contributed by atoms with Crippen molar-refractivity contribution in [2.75, 3.05) is 25.0 Å². The SMILES string of the molecule is CCCOc1ccc(NC(=O)c2cn(C3CCNCC3)nn2)cc1Cl.Cl. The third-order valence-corrected chi connectivity index (χ3v) is 4.37. The summed E-state index contributed by atoms with van der Waals surface area (Å²) in [6.45, 7) is 4.54. The van der Waals surface area contributed by atoms with Gasteiger partial charge in [-0.25, -0.2) is 4.68 Å². The number of amides is 1. The van der Waals surface area contributed by atoms with Gasteiger partial charge in [0.15, 0.2) is 5.69 Å². The summed E-state index contributed by atoms with van der Waals surface area (Å²) in [6, 6.07) is 5.47. The third kappa shape index (κ3) is 5.09. The van der Waals surface area contributed by atoms with Gasteiger partial charge >= 0.3 is 0 Å². The van der Waals surface area contributed by atoms with Gasteiger partial charge in [-0.1, -0.05) is 23.7 Å². The first-order chi connectivity index (χ1) is 12.2. The Morgan fingerprint density at radius 1 is 1.42 bits per heavy atom. The van der Waals surface area contributed by atoms with E-state index in [2.05, 4.69) is 20.9 Å². The summed E-state index contributed by atoms with van der Waals surface area (Å²) in [6.07, 6.45) is 4.58. The van der Waals surface area contributed by atoms with Gasteiger partial charge in [0.1, 0.15) is 5.75 Å². The fourth-order valence-corrected chi connectivity index (χ4v) is 2.97. The van der Waals surface area contributed by atoms with Crippen LogP contribution in [0.1, 0.15) is 42.7 Å². The van der Waals surface area contributed by atoms with E-state index in [1.807, 2.05) is 6.92 Å². The fraction of sp³-hybridized carbons (Fsp3) is 0.471. The van der Waals surface area contributed by atoms with E-state index in [0.717, 1.165) is 32.4 Å². The van der Waals surface area contributed by atoms with Crippen molar-refractivity contribution in [3.63, 3.8) is 0 Å². The minimum atomic E-state index is -0.307. The number of aromatic nitrogens is 3. The highest BCUT2D eigenvalue weighted by Crippen LogP contribution is 2.28. The number of nitrogens with one attached hydrogen (secondary N) is 2. The van der Waals surface area contributed by atoms with Gasteiger partial charge in [-0.05, 0) is 50.6 Å². The molecule has 0 saturated carbocycles. The predicted octanol–water partition coefficient (Wildman–Crippen LogP) is 3.32. The van der Waals surface area contributed by atoms with Crippen LogP contribution in [-0.4, -0.2) is 40.6 Å². The topological polar surface area (TPSA) is 81.1 Å². The first kappa shape index (κ1) is 20.5. The van der Waals surface area contributed by atoms with Crippen molar-refractivity contribution >= 4 is 35.6 Å². The van der Waals surface area contributed by atoms with Gasteiger partial charge in [0.05, 0.1) is 23.9 Å². The first-order valence-corrected chi connectivity index (χ1v) is 8.91. The number of halogens is 2. The molecule has 26 heavy (non-hydrogen) atoms. The maximum atomic E-state index is 12.4. The van der Waals surface area contributed by atoms with E-state index in [1.54, 1.807) is 29.1 Å². The maximum absolute atomic E-state index is 12.4. The summed E-state index contributed by atoms with van der Waals surface area (Å²) in [5, 5.41) is 14.7. The number of benzene rings is 1. The van der Waals surface area contributed by atoms with E-state index in [4.69, 9.17) is 16.3 Å². The number of ether oxygens (including phenoxy) is 1. The molecule has 3 rings (SSSR count). The summed E-state index contributed by atoms with van der Waals surface area (Å²) in [4.78, 5) is 12.4. The molecule has 2 aromatic rings. The van der Waals surface area contributed by atoms with Crippen LogP contribution in [0, 0.1) is 0 Å². The van der Waals surface area contributed by atoms with E-state index >= 15 is 0 Å². The van der Waals surface area contributed by atoms with Crippen molar-refractivity contribution in [1.29, 1.82) is 0 Å². The van der Waals surface area contributed by atoms with Crippen LogP contribution in [0.25, 0.3) is 0 Å². The van der Waals surface area contributed by atoms with Gasteiger partial charge in [-0.2, -0.15) is 0 Å². The Morgan fingerprint density at radius 2 is 2.19 bits per heavy atom. The average molecular weight is 400 g/mol. The van der Waals surface area contributed by atoms with Crippen LogP contribution in [0.3, 0.4) is 0 Å². The number of hydrogen-bond acceptors (Lipinski definition) is 5. The van der Waals surface area contributed by atoms with Crippen LogP contribution in [-0.2, 0) is 0 Å². The van der Waals surface area contributed by atoms with Gasteiger partial charge in [-0.3, -0.25) is 4.79 Å². The van der Waals surface area contributed by atoms with E-state index in [9.17, 15) is 4.79 Å². The quantitative estimate of drug-likeness (QED) is 0.778. The van der Waals surface area contributed by atoms with Crippen LogP contribution in [0.4, 0.5) is 5.69 Å². The number of carbonyl (C=O) groups is 1. The van der Waals surface area contributed by atoms with Gasteiger partial charge in [0.2, 0.25) is 0 Å². The summed E-state index contributed by atoms with van der Waals surface area (Å²) in [5.41, 5.74) is 0.885. The predicted molar refractivity (Wildman–Crippen MR) is 104 cm³/mol. The lowest BCUT2D eigenvalue weighted by Gasteiger charge is -2.22. The first-order valence-electron chi connectivity index (χ1n) is 8.53. The molecule has 0 atom stereocenters. The standard InChI is InChI=1S/C17H22ClN5O2.ClH/c1-2-9-25-16-4-3-12(10-14(16)18)20-17(24)15-11-23(22-21-15)13-5-7-19-8-6-13;/h3-4,10-11,13,19H,2,5-9H2,1H3,(H,20,24);1H. The fourth-order valence-electron chi connectivity index (χ4n) is 2.73. The Labute approximate surface area is 163 Å². The largest absolute Gasteiger partial charge is 0.492 e. The molecule has 1 aromatic carbocycles. The highest BCUT2D eigenvalue weighted by molar-refractivity contribution is 6.32. The lowest BCUT2D eigenvalue weighted by molar-refractivity contribution is 0.102. The van der Waals surface area contributed by atoms with E-state index in [1.165, 1.54) is 0 Å². The summed E-state index contributed by atoms with van der Waals surface area (Å²) in [5.74, 6) is 0.303. The molecule has 7 nitrogen and oxygen atoms in total. The molecule has 1 aromatic heterocycles. The Bertz CT molecular complexity index is 732. The number of nitrogens with zero attached hydrogens (tertiary/aromatic N) is 3. The lowest BCUT2D eigenvalue weighted by Crippen LogP contribution is -2.29. The highest BCUT2D eigenvalue weighted by Gasteiger charge is 2.19. The van der Waals surface area contributed by atoms with E-state index in [0.29, 0.717) is 34.8 Å². The number of piperidine rings is 1. The molecular formula is C17H23Cl2N5O2. The zero-order valence-electron chi connectivity index (χ0n) is 14.6. The Balaban J connectivity index is 0.00000243.